The van der Waals surface area contributed by atoms with Crippen molar-refractivity contribution in [2.24, 2.45) is 16.1 Å². The maximum atomic E-state index is 11.4. The summed E-state index contributed by atoms with van der Waals surface area (Å²) in [6.45, 7) is 1.71. The van der Waals surface area contributed by atoms with E-state index in [0.717, 1.165) is 0 Å². The number of rotatable bonds is 2. The second-order valence-corrected chi connectivity index (χ2v) is 3.01. The molecule has 0 radical (unpaired) electrons. The summed E-state index contributed by atoms with van der Waals surface area (Å²) in [5, 5.41) is 7.35. The van der Waals surface area contributed by atoms with Crippen LogP contribution < -0.4 is 11.2 Å². The molecule has 0 aliphatic carbocycles. The largest absolute Gasteiger partial charge is 0.446 e. The van der Waals surface area contributed by atoms with E-state index < -0.39 is 17.5 Å². The van der Waals surface area contributed by atoms with Crippen LogP contribution in [0.2, 0.25) is 0 Å². The van der Waals surface area contributed by atoms with Gasteiger partial charge in [-0.1, -0.05) is 5.22 Å². The van der Waals surface area contributed by atoms with Crippen molar-refractivity contribution in [3.8, 4) is 0 Å². The Morgan fingerprint density at radius 2 is 2.57 bits per heavy atom. The van der Waals surface area contributed by atoms with Crippen molar-refractivity contribution in [1.82, 2.24) is 10.4 Å². The highest BCUT2D eigenvalue weighted by Gasteiger charge is 2.51. The Labute approximate surface area is 79.4 Å². The normalized spacial score (nSPS) is 30.2. The lowest BCUT2D eigenvalue weighted by molar-refractivity contribution is -0.125. The summed E-state index contributed by atoms with van der Waals surface area (Å²) in [5.74, 6) is -0.431. The molecule has 0 spiro atoms. The van der Waals surface area contributed by atoms with E-state index >= 15 is 0 Å². The number of hydrogen-bond donors (Lipinski definition) is 2. The first-order valence-corrected chi connectivity index (χ1v) is 4.05. The standard InChI is InChI=1S/C7H9N5O2/c1-4-7(5(8)13,11-12-10-4)6-9-2-3-14-6/h2-4H,1H3,(H2,8,13)(H,10,11). The zero-order valence-corrected chi connectivity index (χ0v) is 7.47. The first-order valence-electron chi connectivity index (χ1n) is 4.05. The second-order valence-electron chi connectivity index (χ2n) is 3.01. The van der Waals surface area contributed by atoms with Gasteiger partial charge in [-0.05, 0) is 6.92 Å². The number of amides is 1. The zero-order valence-electron chi connectivity index (χ0n) is 7.47. The number of primary amides is 1. The SMILES string of the molecule is CC1N=NNC1(C(N)=O)c1ncco1. The van der Waals surface area contributed by atoms with Gasteiger partial charge in [0, 0.05) is 0 Å². The third-order valence-electron chi connectivity index (χ3n) is 2.24. The van der Waals surface area contributed by atoms with Gasteiger partial charge in [-0.25, -0.2) is 4.98 Å². The molecule has 1 amide bonds. The fourth-order valence-electron chi connectivity index (χ4n) is 1.39. The van der Waals surface area contributed by atoms with Crippen LogP contribution in [0.5, 0.6) is 0 Å². The number of nitrogens with two attached hydrogens (primary N) is 1. The van der Waals surface area contributed by atoms with E-state index in [4.69, 9.17) is 10.2 Å². The van der Waals surface area contributed by atoms with Crippen LogP contribution in [0.4, 0.5) is 0 Å². The number of carbonyl (C=O) groups excluding carboxylic acids is 1. The molecule has 2 unspecified atom stereocenters. The maximum absolute atomic E-state index is 11.4. The molecule has 1 aromatic rings. The zero-order chi connectivity index (χ0) is 10.2. The van der Waals surface area contributed by atoms with Gasteiger partial charge in [0.1, 0.15) is 12.3 Å². The highest BCUT2D eigenvalue weighted by Crippen LogP contribution is 2.29. The fraction of sp³-hybridized carbons (Fsp3) is 0.429. The molecule has 0 bridgehead atoms. The Morgan fingerprint density at radius 1 is 1.79 bits per heavy atom. The molecule has 1 aliphatic rings. The molecule has 0 saturated carbocycles. The van der Waals surface area contributed by atoms with Crippen molar-refractivity contribution in [3.05, 3.63) is 18.4 Å². The van der Waals surface area contributed by atoms with Crippen LogP contribution in [0.1, 0.15) is 12.8 Å². The number of aromatic nitrogens is 1. The summed E-state index contributed by atoms with van der Waals surface area (Å²) in [6.07, 6.45) is 2.81. The van der Waals surface area contributed by atoms with Crippen molar-refractivity contribution >= 4 is 5.91 Å². The number of nitrogens with one attached hydrogen (secondary N) is 1. The Kier molecular flexibility index (Phi) is 1.73. The third kappa shape index (κ3) is 0.918. The van der Waals surface area contributed by atoms with E-state index in [1.807, 2.05) is 0 Å². The number of oxazole rings is 1. The van der Waals surface area contributed by atoms with Gasteiger partial charge in [-0.2, -0.15) is 5.11 Å². The molecule has 2 rings (SSSR count). The van der Waals surface area contributed by atoms with Crippen molar-refractivity contribution in [2.75, 3.05) is 0 Å². The maximum Gasteiger partial charge on any atom is 0.256 e. The molecule has 3 N–H and O–H groups in total. The molecular formula is C7H9N5O2. The van der Waals surface area contributed by atoms with Gasteiger partial charge in [0.25, 0.3) is 5.91 Å². The lowest BCUT2D eigenvalue weighted by atomic mass is 9.92. The van der Waals surface area contributed by atoms with E-state index in [2.05, 4.69) is 20.7 Å². The third-order valence-corrected chi connectivity index (χ3v) is 2.24. The lowest BCUT2D eigenvalue weighted by Gasteiger charge is -2.23. The van der Waals surface area contributed by atoms with Crippen molar-refractivity contribution < 1.29 is 9.21 Å². The number of carbonyl (C=O) groups is 1. The fourth-order valence-corrected chi connectivity index (χ4v) is 1.39. The Morgan fingerprint density at radius 3 is 3.00 bits per heavy atom. The first kappa shape index (κ1) is 8.67. The highest BCUT2D eigenvalue weighted by molar-refractivity contribution is 5.86. The number of hydrogen-bond acceptors (Lipinski definition) is 6. The van der Waals surface area contributed by atoms with Crippen LogP contribution in [-0.2, 0) is 10.3 Å². The summed E-state index contributed by atoms with van der Waals surface area (Å²) in [7, 11) is 0. The van der Waals surface area contributed by atoms with Gasteiger partial charge in [-0.3, -0.25) is 10.2 Å². The minimum atomic E-state index is -1.25. The van der Waals surface area contributed by atoms with Gasteiger partial charge in [-0.15, -0.1) is 0 Å². The Bertz CT molecular complexity index is 373. The smallest absolute Gasteiger partial charge is 0.256 e. The molecule has 7 heteroatoms. The average Bonchev–Trinajstić information content (AvgIpc) is 2.72. The predicted octanol–water partition coefficient (Wildman–Crippen LogP) is -0.286. The Balaban J connectivity index is 2.48. The Hall–Kier alpha value is -1.92. The van der Waals surface area contributed by atoms with Crippen molar-refractivity contribution in [3.63, 3.8) is 0 Å². The minimum absolute atomic E-state index is 0.183. The predicted molar refractivity (Wildman–Crippen MR) is 44.8 cm³/mol. The summed E-state index contributed by atoms with van der Waals surface area (Å²) in [5.41, 5.74) is 6.60. The quantitative estimate of drug-likeness (QED) is 0.676. The molecule has 14 heavy (non-hydrogen) atoms. The average molecular weight is 195 g/mol. The monoisotopic (exact) mass is 195 g/mol. The summed E-state index contributed by atoms with van der Waals surface area (Å²) in [6, 6.07) is -0.432. The van der Waals surface area contributed by atoms with Gasteiger partial charge in [0.05, 0.1) is 6.20 Å². The van der Waals surface area contributed by atoms with E-state index in [1.165, 1.54) is 12.5 Å². The van der Waals surface area contributed by atoms with Gasteiger partial charge >= 0.3 is 0 Å². The summed E-state index contributed by atoms with van der Waals surface area (Å²) in [4.78, 5) is 15.3. The molecule has 7 nitrogen and oxygen atoms in total. The van der Waals surface area contributed by atoms with Gasteiger partial charge in [0.15, 0.2) is 0 Å². The minimum Gasteiger partial charge on any atom is -0.446 e. The summed E-state index contributed by atoms with van der Waals surface area (Å²) >= 11 is 0. The van der Waals surface area contributed by atoms with Crippen LogP contribution in [0.25, 0.3) is 0 Å². The second kappa shape index (κ2) is 2.79. The first-order chi connectivity index (χ1) is 6.68. The lowest BCUT2D eigenvalue weighted by Crippen LogP contribution is -2.54. The van der Waals surface area contributed by atoms with E-state index in [-0.39, 0.29) is 5.89 Å². The van der Waals surface area contributed by atoms with Crippen LogP contribution in [0.15, 0.2) is 27.2 Å². The molecule has 1 aliphatic heterocycles. The summed E-state index contributed by atoms with van der Waals surface area (Å²) < 4.78 is 5.06. The molecule has 1 aromatic heterocycles. The van der Waals surface area contributed by atoms with Crippen LogP contribution >= 0.6 is 0 Å². The molecule has 0 fully saturated rings. The van der Waals surface area contributed by atoms with Crippen molar-refractivity contribution in [2.45, 2.75) is 18.5 Å². The van der Waals surface area contributed by atoms with E-state index in [1.54, 1.807) is 6.92 Å². The van der Waals surface area contributed by atoms with E-state index in [9.17, 15) is 4.79 Å². The molecule has 0 saturated heterocycles. The van der Waals surface area contributed by atoms with Crippen LogP contribution in [-0.4, -0.2) is 16.9 Å². The molecule has 2 atom stereocenters. The molecule has 74 valence electrons. The highest BCUT2D eigenvalue weighted by atomic mass is 16.3. The van der Waals surface area contributed by atoms with Crippen LogP contribution in [0.3, 0.4) is 0 Å². The molecule has 0 aromatic carbocycles. The molecular weight excluding hydrogens is 186 g/mol. The molecule has 2 heterocycles. The topological polar surface area (TPSA) is 106 Å². The number of nitrogens with zero attached hydrogens (tertiary/aromatic N) is 3. The van der Waals surface area contributed by atoms with Gasteiger partial charge < -0.3 is 10.2 Å². The van der Waals surface area contributed by atoms with Crippen molar-refractivity contribution in [1.29, 1.82) is 0 Å². The van der Waals surface area contributed by atoms with Crippen LogP contribution in [0, 0.1) is 0 Å². The van der Waals surface area contributed by atoms with Gasteiger partial charge in [0.2, 0.25) is 11.4 Å². The van der Waals surface area contributed by atoms with E-state index in [0.29, 0.717) is 0 Å².